The molecule has 0 radical (unpaired) electrons. The van der Waals surface area contributed by atoms with Crippen molar-refractivity contribution in [1.29, 1.82) is 0 Å². The van der Waals surface area contributed by atoms with Crippen molar-refractivity contribution in [1.82, 2.24) is 9.21 Å². The summed E-state index contributed by atoms with van der Waals surface area (Å²) in [6.07, 6.45) is 0.302. The van der Waals surface area contributed by atoms with Crippen LogP contribution in [-0.2, 0) is 19.6 Å². The van der Waals surface area contributed by atoms with Gasteiger partial charge < -0.3 is 9.64 Å². The second-order valence-corrected chi connectivity index (χ2v) is 7.86. The molecule has 1 aliphatic rings. The fourth-order valence-electron chi connectivity index (χ4n) is 2.31. The topological polar surface area (TPSA) is 66.9 Å². The molecule has 2 rings (SSSR count). The summed E-state index contributed by atoms with van der Waals surface area (Å²) in [5.41, 5.74) is 0. The number of hydrogen-bond donors (Lipinski definition) is 0. The first-order chi connectivity index (χ1) is 10.9. The van der Waals surface area contributed by atoms with Crippen LogP contribution in [0, 0.1) is 0 Å². The zero-order valence-electron chi connectivity index (χ0n) is 12.7. The third-order valence-corrected chi connectivity index (χ3v) is 6.27. The molecule has 0 saturated carbocycles. The Labute approximate surface area is 146 Å². The average Bonchev–Trinajstić information content (AvgIpc) is 2.55. The smallest absolute Gasteiger partial charge is 0.243 e. The van der Waals surface area contributed by atoms with Crippen LogP contribution in [0.25, 0.3) is 0 Å². The molecule has 1 aromatic carbocycles. The van der Waals surface area contributed by atoms with Gasteiger partial charge >= 0.3 is 0 Å². The molecule has 0 bridgehead atoms. The largest absolute Gasteiger partial charge is 0.384 e. The Bertz CT molecular complexity index is 673. The van der Waals surface area contributed by atoms with E-state index in [0.717, 1.165) is 0 Å². The molecule has 9 heteroatoms. The van der Waals surface area contributed by atoms with Gasteiger partial charge in [-0.15, -0.1) is 0 Å². The van der Waals surface area contributed by atoms with E-state index < -0.39 is 10.0 Å². The van der Waals surface area contributed by atoms with Crippen molar-refractivity contribution in [3.8, 4) is 0 Å². The monoisotopic (exact) mass is 380 g/mol. The Morgan fingerprint density at radius 2 is 1.83 bits per heavy atom. The Hall–Kier alpha value is -0.860. The van der Waals surface area contributed by atoms with Crippen molar-refractivity contribution in [3.63, 3.8) is 0 Å². The third-order valence-electron chi connectivity index (χ3n) is 3.64. The lowest BCUT2D eigenvalue weighted by molar-refractivity contribution is -0.133. The van der Waals surface area contributed by atoms with E-state index in [9.17, 15) is 13.2 Å². The number of benzene rings is 1. The van der Waals surface area contributed by atoms with Crippen molar-refractivity contribution < 1.29 is 17.9 Å². The normalized spacial score (nSPS) is 16.6. The molecule has 1 fully saturated rings. The lowest BCUT2D eigenvalue weighted by atomic mass is 10.3. The number of hydrogen-bond acceptors (Lipinski definition) is 4. The summed E-state index contributed by atoms with van der Waals surface area (Å²) in [5, 5.41) is 0.500. The molecule has 1 heterocycles. The second-order valence-electron chi connectivity index (χ2n) is 5.10. The highest BCUT2D eigenvalue weighted by Gasteiger charge is 2.30. The Morgan fingerprint density at radius 3 is 2.39 bits per heavy atom. The molecule has 0 N–H and O–H groups in total. The molecule has 128 valence electrons. The van der Waals surface area contributed by atoms with Crippen LogP contribution in [0.15, 0.2) is 23.1 Å². The molecular weight excluding hydrogens is 363 g/mol. The number of methoxy groups -OCH3 is 1. The molecule has 1 aromatic rings. The standard InChI is InChI=1S/C14H18Cl2N2O4S/c1-22-9-4-14(19)17-5-7-18(8-6-17)23(20,21)11-2-3-12(15)13(16)10-11/h2-3,10H,4-9H2,1H3. The number of amides is 1. The Kier molecular flexibility index (Phi) is 6.27. The van der Waals surface area contributed by atoms with Gasteiger partial charge in [-0.3, -0.25) is 4.79 Å². The van der Waals surface area contributed by atoms with E-state index in [1.165, 1.54) is 29.6 Å². The van der Waals surface area contributed by atoms with Crippen LogP contribution in [0.2, 0.25) is 10.0 Å². The minimum atomic E-state index is -3.64. The van der Waals surface area contributed by atoms with E-state index in [1.807, 2.05) is 0 Å². The molecule has 0 unspecified atom stereocenters. The number of piperazine rings is 1. The van der Waals surface area contributed by atoms with E-state index in [0.29, 0.717) is 31.1 Å². The first-order valence-electron chi connectivity index (χ1n) is 7.08. The van der Waals surface area contributed by atoms with Gasteiger partial charge in [0.15, 0.2) is 0 Å². The van der Waals surface area contributed by atoms with Crippen LogP contribution < -0.4 is 0 Å². The lowest BCUT2D eigenvalue weighted by Crippen LogP contribution is -2.50. The van der Waals surface area contributed by atoms with E-state index in [4.69, 9.17) is 27.9 Å². The number of carbonyl (C=O) groups is 1. The maximum Gasteiger partial charge on any atom is 0.243 e. The van der Waals surface area contributed by atoms with Gasteiger partial charge in [0.2, 0.25) is 15.9 Å². The van der Waals surface area contributed by atoms with E-state index >= 15 is 0 Å². The van der Waals surface area contributed by atoms with E-state index in [1.54, 1.807) is 4.90 Å². The van der Waals surface area contributed by atoms with E-state index in [-0.39, 0.29) is 28.9 Å². The van der Waals surface area contributed by atoms with Gasteiger partial charge in [-0.1, -0.05) is 23.2 Å². The third kappa shape index (κ3) is 4.36. The first kappa shape index (κ1) is 18.5. The summed E-state index contributed by atoms with van der Waals surface area (Å²) in [6, 6.07) is 4.23. The van der Waals surface area contributed by atoms with Gasteiger partial charge in [0.25, 0.3) is 0 Å². The van der Waals surface area contributed by atoms with Crippen LogP contribution >= 0.6 is 23.2 Å². The molecule has 1 aliphatic heterocycles. The fraction of sp³-hybridized carbons (Fsp3) is 0.500. The fourth-order valence-corrected chi connectivity index (χ4v) is 4.12. The van der Waals surface area contributed by atoms with Gasteiger partial charge in [0.05, 0.1) is 28.0 Å². The zero-order valence-corrected chi connectivity index (χ0v) is 15.0. The number of ether oxygens (including phenoxy) is 1. The van der Waals surface area contributed by atoms with Crippen LogP contribution in [0.4, 0.5) is 0 Å². The van der Waals surface area contributed by atoms with Gasteiger partial charge in [-0.25, -0.2) is 8.42 Å². The summed E-state index contributed by atoms with van der Waals surface area (Å²) >= 11 is 11.7. The van der Waals surface area contributed by atoms with Gasteiger partial charge in [0, 0.05) is 33.3 Å². The number of halogens is 2. The highest BCUT2D eigenvalue weighted by Crippen LogP contribution is 2.27. The lowest BCUT2D eigenvalue weighted by Gasteiger charge is -2.34. The van der Waals surface area contributed by atoms with Crippen LogP contribution in [0.1, 0.15) is 6.42 Å². The zero-order chi connectivity index (χ0) is 17.0. The maximum atomic E-state index is 12.6. The average molecular weight is 381 g/mol. The molecule has 0 aromatic heterocycles. The predicted molar refractivity (Wildman–Crippen MR) is 88.3 cm³/mol. The van der Waals surface area contributed by atoms with Gasteiger partial charge in [-0.2, -0.15) is 4.31 Å². The van der Waals surface area contributed by atoms with Crippen molar-refractivity contribution in [2.24, 2.45) is 0 Å². The first-order valence-corrected chi connectivity index (χ1v) is 9.28. The minimum Gasteiger partial charge on any atom is -0.384 e. The van der Waals surface area contributed by atoms with Gasteiger partial charge in [0.1, 0.15) is 0 Å². The quantitative estimate of drug-likeness (QED) is 0.781. The molecule has 6 nitrogen and oxygen atoms in total. The highest BCUT2D eigenvalue weighted by molar-refractivity contribution is 7.89. The van der Waals surface area contributed by atoms with Crippen LogP contribution in [0.3, 0.4) is 0 Å². The second kappa shape index (κ2) is 7.81. The van der Waals surface area contributed by atoms with Crippen molar-refractivity contribution >= 4 is 39.1 Å². The van der Waals surface area contributed by atoms with E-state index in [2.05, 4.69) is 0 Å². The minimum absolute atomic E-state index is 0.0292. The van der Waals surface area contributed by atoms with Crippen molar-refractivity contribution in [2.75, 3.05) is 39.9 Å². The molecule has 0 spiro atoms. The number of nitrogens with zero attached hydrogens (tertiary/aromatic N) is 2. The molecule has 23 heavy (non-hydrogen) atoms. The summed E-state index contributed by atoms with van der Waals surface area (Å²) in [5.74, 6) is -0.0292. The number of rotatable bonds is 5. The number of sulfonamides is 1. The summed E-state index contributed by atoms with van der Waals surface area (Å²) in [6.45, 7) is 1.59. The Morgan fingerprint density at radius 1 is 1.17 bits per heavy atom. The summed E-state index contributed by atoms with van der Waals surface area (Å²) in [4.78, 5) is 13.7. The molecule has 0 aliphatic carbocycles. The Balaban J connectivity index is 2.03. The van der Waals surface area contributed by atoms with Crippen molar-refractivity contribution in [3.05, 3.63) is 28.2 Å². The predicted octanol–water partition coefficient (Wildman–Crippen LogP) is 1.86. The molecule has 1 amide bonds. The SMILES string of the molecule is COCCC(=O)N1CCN(S(=O)(=O)c2ccc(Cl)c(Cl)c2)CC1. The molecule has 1 saturated heterocycles. The van der Waals surface area contributed by atoms with Gasteiger partial charge in [-0.05, 0) is 18.2 Å². The van der Waals surface area contributed by atoms with Crippen LogP contribution in [-0.4, -0.2) is 63.4 Å². The number of carbonyl (C=O) groups excluding carboxylic acids is 1. The maximum absolute atomic E-state index is 12.6. The molecule has 0 atom stereocenters. The van der Waals surface area contributed by atoms with Crippen LogP contribution in [0.5, 0.6) is 0 Å². The van der Waals surface area contributed by atoms with Crippen molar-refractivity contribution in [2.45, 2.75) is 11.3 Å². The summed E-state index contributed by atoms with van der Waals surface area (Å²) < 4.78 is 31.4. The molecular formula is C14H18Cl2N2O4S. The highest BCUT2D eigenvalue weighted by atomic mass is 35.5. The summed E-state index contributed by atoms with van der Waals surface area (Å²) in [7, 11) is -2.10.